The van der Waals surface area contributed by atoms with E-state index in [1.807, 2.05) is 0 Å². The van der Waals surface area contributed by atoms with Crippen molar-refractivity contribution in [3.05, 3.63) is 76.2 Å². The van der Waals surface area contributed by atoms with E-state index in [4.69, 9.17) is 23.2 Å². The molecule has 0 saturated carbocycles. The lowest BCUT2D eigenvalue weighted by Crippen LogP contribution is -1.96. The molecule has 0 atom stereocenters. The number of halogens is 3. The van der Waals surface area contributed by atoms with E-state index < -0.39 is 0 Å². The summed E-state index contributed by atoms with van der Waals surface area (Å²) in [4.78, 5) is 11.9. The highest BCUT2D eigenvalue weighted by Gasteiger charge is 2.04. The number of hydrogen-bond acceptors (Lipinski definition) is 2. The van der Waals surface area contributed by atoms with Crippen LogP contribution < -0.4 is 5.32 Å². The van der Waals surface area contributed by atoms with Crippen LogP contribution in [0.2, 0.25) is 10.0 Å². The lowest BCUT2D eigenvalue weighted by atomic mass is 10.1. The minimum Gasteiger partial charge on any atom is -0.362 e. The number of carbonyl (C=O) groups excluding carboxylic acids is 1. The molecule has 2 nitrogen and oxygen atoms in total. The Bertz CT molecular complexity index is 653. The molecule has 0 spiro atoms. The predicted octanol–water partition coefficient (Wildman–Crippen LogP) is 4.94. The number of allylic oxidation sites excluding steroid dienone is 1. The number of rotatable bonds is 4. The monoisotopic (exact) mass is 309 g/mol. The molecule has 102 valence electrons. The molecule has 0 bridgehead atoms. The number of hydrogen-bond donors (Lipinski definition) is 1. The van der Waals surface area contributed by atoms with Gasteiger partial charge in [-0.2, -0.15) is 0 Å². The summed E-state index contributed by atoms with van der Waals surface area (Å²) in [5.74, 6) is -0.524. The SMILES string of the molecule is O=C(C=CNc1ccc(F)cc1)c1ccc(Cl)c(Cl)c1. The second kappa shape index (κ2) is 6.55. The fourth-order valence-electron chi connectivity index (χ4n) is 1.51. The van der Waals surface area contributed by atoms with Crippen LogP contribution in [0.1, 0.15) is 10.4 Å². The van der Waals surface area contributed by atoms with Crippen LogP contribution in [0.15, 0.2) is 54.7 Å². The van der Waals surface area contributed by atoms with E-state index in [0.29, 0.717) is 21.3 Å². The standard InChI is InChI=1S/C15H10Cl2FNO/c16-13-6-1-10(9-14(13)17)15(20)7-8-19-12-4-2-11(18)3-5-12/h1-9,19H. The Morgan fingerprint density at radius 1 is 1.05 bits per heavy atom. The average molecular weight is 310 g/mol. The van der Waals surface area contributed by atoms with Gasteiger partial charge in [-0.3, -0.25) is 4.79 Å². The molecule has 0 heterocycles. The molecule has 2 rings (SSSR count). The van der Waals surface area contributed by atoms with Crippen molar-refractivity contribution in [3.8, 4) is 0 Å². The fraction of sp³-hybridized carbons (Fsp3) is 0. The highest BCUT2D eigenvalue weighted by atomic mass is 35.5. The maximum atomic E-state index is 12.7. The lowest BCUT2D eigenvalue weighted by Gasteiger charge is -2.01. The Labute approximate surface area is 125 Å². The Kier molecular flexibility index (Phi) is 4.77. The molecule has 0 amide bonds. The maximum absolute atomic E-state index is 12.7. The van der Waals surface area contributed by atoms with E-state index in [-0.39, 0.29) is 11.6 Å². The minimum atomic E-state index is -0.314. The van der Waals surface area contributed by atoms with Gasteiger partial charge in [0.15, 0.2) is 5.78 Å². The number of benzene rings is 2. The van der Waals surface area contributed by atoms with Crippen LogP contribution in [0.5, 0.6) is 0 Å². The Balaban J connectivity index is 2.01. The van der Waals surface area contributed by atoms with Crippen LogP contribution in [0.25, 0.3) is 0 Å². The van der Waals surface area contributed by atoms with Crippen LogP contribution in [0.3, 0.4) is 0 Å². The van der Waals surface area contributed by atoms with Crippen molar-refractivity contribution in [2.45, 2.75) is 0 Å². The van der Waals surface area contributed by atoms with Gasteiger partial charge in [0.25, 0.3) is 0 Å². The third kappa shape index (κ3) is 3.83. The van der Waals surface area contributed by atoms with Gasteiger partial charge in [-0.25, -0.2) is 4.39 Å². The molecule has 20 heavy (non-hydrogen) atoms. The van der Waals surface area contributed by atoms with Crippen molar-refractivity contribution < 1.29 is 9.18 Å². The van der Waals surface area contributed by atoms with Crippen LogP contribution in [-0.4, -0.2) is 5.78 Å². The summed E-state index contributed by atoms with van der Waals surface area (Å²) in [6.07, 6.45) is 2.85. The number of anilines is 1. The zero-order chi connectivity index (χ0) is 14.5. The molecule has 1 N–H and O–H groups in total. The Hall–Kier alpha value is -1.84. The van der Waals surface area contributed by atoms with E-state index in [1.54, 1.807) is 24.3 Å². The van der Waals surface area contributed by atoms with Crippen LogP contribution in [0.4, 0.5) is 10.1 Å². The first-order chi connectivity index (χ1) is 9.56. The Morgan fingerprint density at radius 2 is 1.75 bits per heavy atom. The molecule has 0 fully saturated rings. The quantitative estimate of drug-likeness (QED) is 0.640. The van der Waals surface area contributed by atoms with E-state index in [1.165, 1.54) is 30.5 Å². The highest BCUT2D eigenvalue weighted by Crippen LogP contribution is 2.22. The van der Waals surface area contributed by atoms with Crippen LogP contribution in [-0.2, 0) is 0 Å². The fourth-order valence-corrected chi connectivity index (χ4v) is 1.80. The molecule has 0 aliphatic carbocycles. The van der Waals surface area contributed by atoms with Gasteiger partial charge in [-0.05, 0) is 42.5 Å². The van der Waals surface area contributed by atoms with Gasteiger partial charge in [0.1, 0.15) is 5.82 Å². The third-order valence-electron chi connectivity index (χ3n) is 2.53. The summed E-state index contributed by atoms with van der Waals surface area (Å²) in [6.45, 7) is 0. The molecule has 5 heteroatoms. The van der Waals surface area contributed by atoms with Gasteiger partial charge in [0.2, 0.25) is 0 Å². The van der Waals surface area contributed by atoms with Gasteiger partial charge >= 0.3 is 0 Å². The van der Waals surface area contributed by atoms with Crippen molar-refractivity contribution >= 4 is 34.7 Å². The number of ketones is 1. The predicted molar refractivity (Wildman–Crippen MR) is 80.0 cm³/mol. The lowest BCUT2D eigenvalue weighted by molar-refractivity contribution is 0.104. The largest absolute Gasteiger partial charge is 0.362 e. The highest BCUT2D eigenvalue weighted by molar-refractivity contribution is 6.42. The third-order valence-corrected chi connectivity index (χ3v) is 3.27. The summed E-state index contributed by atoms with van der Waals surface area (Å²) in [5, 5.41) is 3.60. The summed E-state index contributed by atoms with van der Waals surface area (Å²) in [5.41, 5.74) is 1.13. The molecule has 0 aliphatic rings. The molecule has 0 radical (unpaired) electrons. The van der Waals surface area contributed by atoms with Crippen molar-refractivity contribution in [2.24, 2.45) is 0 Å². The van der Waals surface area contributed by atoms with Crippen LogP contribution in [0, 0.1) is 5.82 Å². The van der Waals surface area contributed by atoms with E-state index in [0.717, 1.165) is 0 Å². The van der Waals surface area contributed by atoms with E-state index in [2.05, 4.69) is 5.32 Å². The molecule has 0 saturated heterocycles. The second-order valence-electron chi connectivity index (χ2n) is 3.98. The summed E-state index contributed by atoms with van der Waals surface area (Å²) < 4.78 is 12.7. The zero-order valence-corrected chi connectivity index (χ0v) is 11.8. The minimum absolute atomic E-state index is 0.210. The first-order valence-electron chi connectivity index (χ1n) is 5.74. The maximum Gasteiger partial charge on any atom is 0.187 e. The average Bonchev–Trinajstić information content (AvgIpc) is 2.44. The van der Waals surface area contributed by atoms with Gasteiger partial charge in [-0.1, -0.05) is 23.2 Å². The normalized spacial score (nSPS) is 10.8. The molecular formula is C15H10Cl2FNO. The summed E-state index contributed by atoms with van der Waals surface area (Å²) >= 11 is 11.6. The first-order valence-corrected chi connectivity index (χ1v) is 6.50. The number of nitrogens with one attached hydrogen (secondary N) is 1. The molecule has 2 aromatic rings. The van der Waals surface area contributed by atoms with E-state index in [9.17, 15) is 9.18 Å². The summed E-state index contributed by atoms with van der Waals surface area (Å²) in [7, 11) is 0. The first kappa shape index (κ1) is 14.6. The molecule has 0 aromatic heterocycles. The van der Waals surface area contributed by atoms with Crippen molar-refractivity contribution in [2.75, 3.05) is 5.32 Å². The zero-order valence-electron chi connectivity index (χ0n) is 10.2. The topological polar surface area (TPSA) is 29.1 Å². The number of carbonyl (C=O) groups is 1. The second-order valence-corrected chi connectivity index (χ2v) is 4.79. The Morgan fingerprint density at radius 3 is 2.40 bits per heavy atom. The van der Waals surface area contributed by atoms with Gasteiger partial charge in [-0.15, -0.1) is 0 Å². The summed E-state index contributed by atoms with van der Waals surface area (Å²) in [6, 6.07) is 10.5. The van der Waals surface area contributed by atoms with Gasteiger partial charge < -0.3 is 5.32 Å². The van der Waals surface area contributed by atoms with Crippen LogP contribution >= 0.6 is 23.2 Å². The molecule has 0 unspecified atom stereocenters. The smallest absolute Gasteiger partial charge is 0.187 e. The molecule has 0 aliphatic heterocycles. The van der Waals surface area contributed by atoms with E-state index >= 15 is 0 Å². The van der Waals surface area contributed by atoms with Gasteiger partial charge in [0, 0.05) is 23.5 Å². The van der Waals surface area contributed by atoms with Crippen molar-refractivity contribution in [3.63, 3.8) is 0 Å². The van der Waals surface area contributed by atoms with Crippen molar-refractivity contribution in [1.82, 2.24) is 0 Å². The van der Waals surface area contributed by atoms with Crippen molar-refractivity contribution in [1.29, 1.82) is 0 Å². The molecule has 2 aromatic carbocycles. The van der Waals surface area contributed by atoms with Gasteiger partial charge in [0.05, 0.1) is 10.0 Å². The molecular weight excluding hydrogens is 300 g/mol.